The fourth-order valence-corrected chi connectivity index (χ4v) is 5.02. The van der Waals surface area contributed by atoms with Crippen LogP contribution in [-0.2, 0) is 37.1 Å². The van der Waals surface area contributed by atoms with Crippen LogP contribution in [0.5, 0.6) is 5.75 Å². The lowest BCUT2D eigenvalue weighted by Gasteiger charge is -2.28. The van der Waals surface area contributed by atoms with E-state index in [1.165, 1.54) is 11.2 Å². The lowest BCUT2D eigenvalue weighted by atomic mass is 10.1. The third-order valence-electron chi connectivity index (χ3n) is 7.14. The molecule has 0 radical (unpaired) electrons. The van der Waals surface area contributed by atoms with Crippen LogP contribution in [0.4, 0.5) is 18.9 Å². The molecule has 1 N–H and O–H groups in total. The molecule has 4 aromatic rings. The third kappa shape index (κ3) is 5.54. The summed E-state index contributed by atoms with van der Waals surface area (Å²) < 4.78 is 48.0. The molecule has 12 nitrogen and oxygen atoms in total. The number of rotatable bonds is 6. The van der Waals surface area contributed by atoms with Crippen molar-refractivity contribution in [2.75, 3.05) is 25.1 Å². The molecule has 0 aliphatic carbocycles. The van der Waals surface area contributed by atoms with Gasteiger partial charge in [0.25, 0.3) is 11.8 Å². The molecule has 6 rings (SSSR count). The second kappa shape index (κ2) is 10.9. The first-order valence-corrected chi connectivity index (χ1v) is 13.1. The summed E-state index contributed by atoms with van der Waals surface area (Å²) in [6.07, 6.45) is -3.10. The summed E-state index contributed by atoms with van der Waals surface area (Å²) in [5.41, 5.74) is 2.34. The van der Waals surface area contributed by atoms with Crippen LogP contribution in [0.1, 0.15) is 33.4 Å². The van der Waals surface area contributed by atoms with Gasteiger partial charge in [-0.15, -0.1) is 15.3 Å². The SMILES string of the molecule is CN1C(=O)C(NC(=O)c2ncn(Cc3ccccc3)n2)COc2ccc(CN3CCn4c(nnc4C(F)(F)F)C3)cc21. The number of benzene rings is 2. The minimum Gasteiger partial charge on any atom is -0.489 e. The van der Waals surface area contributed by atoms with Gasteiger partial charge in [-0.3, -0.25) is 14.5 Å². The van der Waals surface area contributed by atoms with E-state index in [9.17, 15) is 22.8 Å². The Balaban J connectivity index is 1.10. The van der Waals surface area contributed by atoms with Gasteiger partial charge in [-0.2, -0.15) is 13.2 Å². The molecule has 2 amide bonds. The van der Waals surface area contributed by atoms with Crippen molar-refractivity contribution in [3.05, 3.63) is 83.5 Å². The van der Waals surface area contributed by atoms with Crippen LogP contribution in [0.2, 0.25) is 0 Å². The molecular weight excluding hydrogens is 555 g/mol. The molecule has 218 valence electrons. The van der Waals surface area contributed by atoms with Crippen molar-refractivity contribution in [3.8, 4) is 5.75 Å². The van der Waals surface area contributed by atoms with Crippen molar-refractivity contribution in [3.63, 3.8) is 0 Å². The number of anilines is 1. The van der Waals surface area contributed by atoms with E-state index in [0.29, 0.717) is 31.1 Å². The van der Waals surface area contributed by atoms with Crippen LogP contribution in [-0.4, -0.2) is 72.5 Å². The first-order valence-electron chi connectivity index (χ1n) is 13.1. The number of hydrogen-bond acceptors (Lipinski definition) is 8. The van der Waals surface area contributed by atoms with E-state index >= 15 is 0 Å². The number of nitrogens with one attached hydrogen (secondary N) is 1. The summed E-state index contributed by atoms with van der Waals surface area (Å²) in [6.45, 7) is 1.47. The first kappa shape index (κ1) is 27.4. The highest BCUT2D eigenvalue weighted by atomic mass is 19.4. The van der Waals surface area contributed by atoms with Gasteiger partial charge in [0.05, 0.1) is 18.8 Å². The molecule has 0 saturated carbocycles. The van der Waals surface area contributed by atoms with E-state index in [-0.39, 0.29) is 37.3 Å². The van der Waals surface area contributed by atoms with Crippen molar-refractivity contribution < 1.29 is 27.5 Å². The minimum absolute atomic E-state index is 0.0647. The van der Waals surface area contributed by atoms with E-state index in [4.69, 9.17) is 4.74 Å². The number of ether oxygens (including phenoxy) is 1. The maximum Gasteiger partial charge on any atom is 0.451 e. The summed E-state index contributed by atoms with van der Waals surface area (Å²) in [5.74, 6) is -1.33. The van der Waals surface area contributed by atoms with Crippen LogP contribution in [0, 0.1) is 0 Å². The van der Waals surface area contributed by atoms with Crippen LogP contribution in [0.15, 0.2) is 54.9 Å². The Morgan fingerprint density at radius 1 is 1.07 bits per heavy atom. The van der Waals surface area contributed by atoms with E-state index in [0.717, 1.165) is 15.7 Å². The molecule has 42 heavy (non-hydrogen) atoms. The zero-order chi connectivity index (χ0) is 29.4. The molecule has 1 unspecified atom stereocenters. The average molecular weight is 582 g/mol. The van der Waals surface area contributed by atoms with Crippen LogP contribution in [0.3, 0.4) is 0 Å². The number of carbonyl (C=O) groups is 2. The lowest BCUT2D eigenvalue weighted by molar-refractivity contribution is -0.148. The van der Waals surface area contributed by atoms with Crippen LogP contribution >= 0.6 is 0 Å². The molecule has 2 aliphatic rings. The fourth-order valence-electron chi connectivity index (χ4n) is 5.02. The number of alkyl halides is 3. The van der Waals surface area contributed by atoms with Gasteiger partial charge in [0.2, 0.25) is 11.6 Å². The number of nitrogens with zero attached hydrogens (tertiary/aromatic N) is 8. The van der Waals surface area contributed by atoms with Crippen LogP contribution in [0.25, 0.3) is 0 Å². The molecule has 1 atom stereocenters. The monoisotopic (exact) mass is 581 g/mol. The average Bonchev–Trinajstić information content (AvgIpc) is 3.60. The maximum atomic E-state index is 13.3. The highest BCUT2D eigenvalue weighted by molar-refractivity contribution is 6.02. The quantitative estimate of drug-likeness (QED) is 0.368. The Morgan fingerprint density at radius 2 is 1.88 bits per heavy atom. The predicted octanol–water partition coefficient (Wildman–Crippen LogP) is 2.11. The van der Waals surface area contributed by atoms with Crippen LogP contribution < -0.4 is 15.0 Å². The number of likely N-dealkylation sites (N-methyl/N-ethyl adjacent to an activating group) is 1. The molecular formula is C27H26F3N9O3. The zero-order valence-corrected chi connectivity index (χ0v) is 22.5. The van der Waals surface area contributed by atoms with Crippen molar-refractivity contribution in [2.24, 2.45) is 0 Å². The Hall–Kier alpha value is -4.79. The predicted molar refractivity (Wildman–Crippen MR) is 141 cm³/mol. The smallest absolute Gasteiger partial charge is 0.451 e. The van der Waals surface area contributed by atoms with E-state index in [2.05, 4.69) is 25.6 Å². The van der Waals surface area contributed by atoms with Gasteiger partial charge in [-0.05, 0) is 23.3 Å². The number of hydrogen-bond donors (Lipinski definition) is 1. The largest absolute Gasteiger partial charge is 0.489 e. The van der Waals surface area contributed by atoms with Crippen molar-refractivity contribution >= 4 is 17.5 Å². The summed E-state index contributed by atoms with van der Waals surface area (Å²) in [7, 11) is 1.59. The number of amides is 2. The normalized spacial score (nSPS) is 17.3. The Morgan fingerprint density at radius 3 is 2.67 bits per heavy atom. The molecule has 0 bridgehead atoms. The second-order valence-electron chi connectivity index (χ2n) is 10.1. The summed E-state index contributed by atoms with van der Waals surface area (Å²) >= 11 is 0. The molecule has 0 spiro atoms. The van der Waals surface area contributed by atoms with Gasteiger partial charge in [-0.1, -0.05) is 36.4 Å². The maximum absolute atomic E-state index is 13.3. The molecule has 2 aliphatic heterocycles. The summed E-state index contributed by atoms with van der Waals surface area (Å²) in [6, 6.07) is 14.0. The highest BCUT2D eigenvalue weighted by Gasteiger charge is 2.39. The minimum atomic E-state index is -4.56. The fraction of sp³-hybridized carbons (Fsp3) is 0.333. The van der Waals surface area contributed by atoms with Crippen molar-refractivity contribution in [2.45, 2.75) is 38.4 Å². The Labute approximate surface area is 237 Å². The number of fused-ring (bicyclic) bond motifs is 2. The van der Waals surface area contributed by atoms with Gasteiger partial charge < -0.3 is 19.5 Å². The molecule has 15 heteroatoms. The van der Waals surface area contributed by atoms with E-state index in [1.54, 1.807) is 23.9 Å². The van der Waals surface area contributed by atoms with E-state index in [1.807, 2.05) is 41.3 Å². The lowest BCUT2D eigenvalue weighted by Crippen LogP contribution is -2.49. The Bertz CT molecular complexity index is 1620. The molecule has 2 aromatic heterocycles. The van der Waals surface area contributed by atoms with Crippen molar-refractivity contribution in [1.29, 1.82) is 0 Å². The molecule has 0 fully saturated rings. The van der Waals surface area contributed by atoms with Crippen molar-refractivity contribution in [1.82, 2.24) is 39.7 Å². The highest BCUT2D eigenvalue weighted by Crippen LogP contribution is 2.33. The van der Waals surface area contributed by atoms with Gasteiger partial charge in [0, 0.05) is 26.7 Å². The first-order chi connectivity index (χ1) is 20.2. The number of halogens is 3. The molecule has 2 aromatic carbocycles. The van der Waals surface area contributed by atoms with E-state index < -0.39 is 23.9 Å². The summed E-state index contributed by atoms with van der Waals surface area (Å²) in [5, 5.41) is 14.0. The zero-order valence-electron chi connectivity index (χ0n) is 22.5. The molecule has 0 saturated heterocycles. The molecule has 4 heterocycles. The number of carbonyl (C=O) groups excluding carboxylic acids is 2. The standard InChI is InChI=1S/C27H26F3N9O3/c1-36-20-11-18(12-37-9-10-39-22(14-37)33-34-26(39)27(28,29)30)7-8-21(20)42-15-19(25(36)41)32-24(40)23-31-16-38(35-23)13-17-5-3-2-4-6-17/h2-8,11,16,19H,9-10,12-15H2,1H3,(H,32,40). The summed E-state index contributed by atoms with van der Waals surface area (Å²) in [4.78, 5) is 33.6. The van der Waals surface area contributed by atoms with Gasteiger partial charge in [-0.25, -0.2) is 9.67 Å². The Kier molecular flexibility index (Phi) is 7.10. The topological polar surface area (TPSA) is 123 Å². The van der Waals surface area contributed by atoms with Gasteiger partial charge in [0.1, 0.15) is 30.5 Å². The van der Waals surface area contributed by atoms with Gasteiger partial charge >= 0.3 is 6.18 Å². The van der Waals surface area contributed by atoms with Gasteiger partial charge in [0.15, 0.2) is 0 Å². The second-order valence-corrected chi connectivity index (χ2v) is 10.1. The number of aromatic nitrogens is 6. The third-order valence-corrected chi connectivity index (χ3v) is 7.14.